The van der Waals surface area contributed by atoms with Crippen LogP contribution in [0.3, 0.4) is 0 Å². The first-order valence-corrected chi connectivity index (χ1v) is 8.17. The van der Waals surface area contributed by atoms with E-state index in [1.54, 1.807) is 12.1 Å². The van der Waals surface area contributed by atoms with Crippen LogP contribution in [-0.4, -0.2) is 24.0 Å². The highest BCUT2D eigenvalue weighted by Crippen LogP contribution is 2.23. The molecule has 0 amide bonds. The Balaban J connectivity index is 2.52. The van der Waals surface area contributed by atoms with Crippen molar-refractivity contribution in [3.05, 3.63) is 35.6 Å². The summed E-state index contributed by atoms with van der Waals surface area (Å²) in [7, 11) is 2.09. The maximum atomic E-state index is 13.3. The molecule has 0 aliphatic rings. The van der Waals surface area contributed by atoms with Crippen molar-refractivity contribution in [1.29, 1.82) is 0 Å². The van der Waals surface area contributed by atoms with Crippen molar-refractivity contribution in [2.45, 2.75) is 64.5 Å². The number of halogens is 1. The monoisotopic (exact) mass is 294 g/mol. The number of hydrogen-bond donors (Lipinski definition) is 1. The summed E-state index contributed by atoms with van der Waals surface area (Å²) >= 11 is 0. The molecule has 0 aliphatic heterocycles. The fraction of sp³-hybridized carbons (Fsp3) is 0.667. The smallest absolute Gasteiger partial charge is 0.123 e. The van der Waals surface area contributed by atoms with Gasteiger partial charge in [-0.15, -0.1) is 0 Å². The van der Waals surface area contributed by atoms with Gasteiger partial charge >= 0.3 is 0 Å². The third kappa shape index (κ3) is 6.15. The third-order valence-electron chi connectivity index (χ3n) is 4.49. The lowest BCUT2D eigenvalue weighted by atomic mass is 9.92. The molecule has 2 nitrogen and oxygen atoms in total. The normalized spacial score (nSPS) is 14.4. The topological polar surface area (TPSA) is 29.3 Å². The molecule has 1 unspecified atom stereocenters. The number of benzene rings is 1. The molecule has 0 spiro atoms. The highest BCUT2D eigenvalue weighted by molar-refractivity contribution is 5.16. The van der Waals surface area contributed by atoms with E-state index < -0.39 is 0 Å². The number of nitrogens with zero attached hydrogens (tertiary/aromatic N) is 1. The average molecular weight is 294 g/mol. The Morgan fingerprint density at radius 2 is 1.90 bits per heavy atom. The van der Waals surface area contributed by atoms with Gasteiger partial charge < -0.3 is 5.73 Å². The van der Waals surface area contributed by atoms with E-state index in [1.807, 2.05) is 6.07 Å². The Morgan fingerprint density at radius 3 is 2.52 bits per heavy atom. The average Bonchev–Trinajstić information content (AvgIpc) is 2.46. The summed E-state index contributed by atoms with van der Waals surface area (Å²) < 4.78 is 13.3. The van der Waals surface area contributed by atoms with Crippen molar-refractivity contribution >= 4 is 0 Å². The highest BCUT2D eigenvalue weighted by Gasteiger charge is 2.27. The number of rotatable bonds is 10. The summed E-state index contributed by atoms with van der Waals surface area (Å²) in [5, 5.41) is 0. The maximum absolute atomic E-state index is 13.3. The van der Waals surface area contributed by atoms with Crippen molar-refractivity contribution in [2.24, 2.45) is 5.73 Å². The minimum absolute atomic E-state index is 0.0153. The second kappa shape index (κ2) is 9.16. The fourth-order valence-corrected chi connectivity index (χ4v) is 2.66. The van der Waals surface area contributed by atoms with Gasteiger partial charge in [0.05, 0.1) is 0 Å². The minimum Gasteiger partial charge on any atom is -0.329 e. The Labute approximate surface area is 129 Å². The first-order chi connectivity index (χ1) is 10.0. The first-order valence-electron chi connectivity index (χ1n) is 8.17. The van der Waals surface area contributed by atoms with Crippen LogP contribution in [0.1, 0.15) is 57.9 Å². The molecule has 1 aromatic rings. The van der Waals surface area contributed by atoms with E-state index in [1.165, 1.54) is 38.2 Å². The van der Waals surface area contributed by atoms with Crippen LogP contribution in [0.5, 0.6) is 0 Å². The lowest BCUT2D eigenvalue weighted by molar-refractivity contribution is 0.122. The Morgan fingerprint density at radius 1 is 1.19 bits per heavy atom. The number of hydrogen-bond acceptors (Lipinski definition) is 2. The minimum atomic E-state index is -0.171. The Hall–Kier alpha value is -0.930. The van der Waals surface area contributed by atoms with Gasteiger partial charge in [-0.3, -0.25) is 4.90 Å². The predicted molar refractivity (Wildman–Crippen MR) is 88.7 cm³/mol. The van der Waals surface area contributed by atoms with Gasteiger partial charge in [-0.05, 0) is 38.1 Å². The van der Waals surface area contributed by atoms with Crippen LogP contribution in [0.4, 0.5) is 4.39 Å². The van der Waals surface area contributed by atoms with Gasteiger partial charge in [0.1, 0.15) is 5.82 Å². The molecule has 1 aromatic carbocycles. The summed E-state index contributed by atoms with van der Waals surface area (Å²) in [6.07, 6.45) is 7.48. The second-order valence-electron chi connectivity index (χ2n) is 6.35. The van der Waals surface area contributed by atoms with Gasteiger partial charge in [-0.2, -0.15) is 0 Å². The van der Waals surface area contributed by atoms with E-state index in [2.05, 4.69) is 25.8 Å². The number of unbranched alkanes of at least 4 members (excludes halogenated alkanes) is 4. The molecule has 0 saturated heterocycles. The predicted octanol–water partition coefficient (Wildman–Crippen LogP) is 4.34. The van der Waals surface area contributed by atoms with Gasteiger partial charge in [0.2, 0.25) is 0 Å². The van der Waals surface area contributed by atoms with Gasteiger partial charge in [0, 0.05) is 18.6 Å². The molecule has 0 bridgehead atoms. The largest absolute Gasteiger partial charge is 0.329 e. The quantitative estimate of drug-likeness (QED) is 0.651. The standard InChI is InChI=1S/C18H31FN2/c1-4-5-6-7-8-12-18(2,15-20)21(3)14-16-10-9-11-17(19)13-16/h9-11,13H,4-8,12,14-15,20H2,1-3H3. The zero-order valence-electron chi connectivity index (χ0n) is 13.9. The molecule has 120 valence electrons. The molecule has 1 rings (SSSR count). The zero-order chi connectivity index (χ0) is 15.7. The molecular formula is C18H31FN2. The summed E-state index contributed by atoms with van der Waals surface area (Å²) in [6.45, 7) is 5.82. The molecule has 1 atom stereocenters. The van der Waals surface area contributed by atoms with Gasteiger partial charge in [-0.1, -0.05) is 51.2 Å². The summed E-state index contributed by atoms with van der Waals surface area (Å²) in [5.41, 5.74) is 7.00. The van der Waals surface area contributed by atoms with Crippen molar-refractivity contribution in [3.63, 3.8) is 0 Å². The molecule has 2 N–H and O–H groups in total. The van der Waals surface area contributed by atoms with Crippen LogP contribution in [0.15, 0.2) is 24.3 Å². The first kappa shape index (κ1) is 18.1. The van der Waals surface area contributed by atoms with Crippen LogP contribution in [0.25, 0.3) is 0 Å². The van der Waals surface area contributed by atoms with Crippen molar-refractivity contribution < 1.29 is 4.39 Å². The molecule has 0 fully saturated rings. The third-order valence-corrected chi connectivity index (χ3v) is 4.49. The zero-order valence-corrected chi connectivity index (χ0v) is 13.9. The maximum Gasteiger partial charge on any atom is 0.123 e. The van der Waals surface area contributed by atoms with Crippen LogP contribution in [-0.2, 0) is 6.54 Å². The lowest BCUT2D eigenvalue weighted by Gasteiger charge is -2.38. The van der Waals surface area contributed by atoms with Crippen molar-refractivity contribution in [3.8, 4) is 0 Å². The highest BCUT2D eigenvalue weighted by atomic mass is 19.1. The van der Waals surface area contributed by atoms with Crippen molar-refractivity contribution in [1.82, 2.24) is 4.90 Å². The van der Waals surface area contributed by atoms with E-state index in [0.717, 1.165) is 18.5 Å². The lowest BCUT2D eigenvalue weighted by Crippen LogP contribution is -2.49. The Bertz CT molecular complexity index is 408. The Kier molecular flexibility index (Phi) is 7.91. The summed E-state index contributed by atoms with van der Waals surface area (Å²) in [4.78, 5) is 2.27. The summed E-state index contributed by atoms with van der Waals surface area (Å²) in [5.74, 6) is -0.171. The van der Waals surface area contributed by atoms with E-state index in [-0.39, 0.29) is 11.4 Å². The second-order valence-corrected chi connectivity index (χ2v) is 6.35. The molecule has 21 heavy (non-hydrogen) atoms. The molecule has 0 saturated carbocycles. The van der Waals surface area contributed by atoms with E-state index in [4.69, 9.17) is 5.73 Å². The van der Waals surface area contributed by atoms with Crippen molar-refractivity contribution in [2.75, 3.05) is 13.6 Å². The SMILES string of the molecule is CCCCCCCC(C)(CN)N(C)Cc1cccc(F)c1. The molecule has 0 aromatic heterocycles. The van der Waals surface area contributed by atoms with E-state index in [0.29, 0.717) is 6.54 Å². The molecule has 0 aliphatic carbocycles. The van der Waals surface area contributed by atoms with E-state index in [9.17, 15) is 4.39 Å². The molecule has 3 heteroatoms. The molecule has 0 radical (unpaired) electrons. The van der Waals surface area contributed by atoms with Crippen LogP contribution in [0, 0.1) is 5.82 Å². The fourth-order valence-electron chi connectivity index (χ4n) is 2.66. The molecule has 0 heterocycles. The van der Waals surface area contributed by atoms with Gasteiger partial charge in [0.25, 0.3) is 0 Å². The number of likely N-dealkylation sites (N-methyl/N-ethyl adjacent to an activating group) is 1. The van der Waals surface area contributed by atoms with E-state index >= 15 is 0 Å². The van der Waals surface area contributed by atoms with Crippen LogP contribution in [0.2, 0.25) is 0 Å². The van der Waals surface area contributed by atoms with Gasteiger partial charge in [0.15, 0.2) is 0 Å². The summed E-state index contributed by atoms with van der Waals surface area (Å²) in [6, 6.07) is 6.83. The van der Waals surface area contributed by atoms with Crippen LogP contribution < -0.4 is 5.73 Å². The van der Waals surface area contributed by atoms with Crippen LogP contribution >= 0.6 is 0 Å². The number of nitrogens with two attached hydrogens (primary N) is 1. The van der Waals surface area contributed by atoms with Gasteiger partial charge in [-0.25, -0.2) is 4.39 Å². The molecular weight excluding hydrogens is 263 g/mol.